The first-order valence-electron chi connectivity index (χ1n) is 6.86. The Labute approximate surface area is 120 Å². The third-order valence-corrected chi connectivity index (χ3v) is 2.57. The Morgan fingerprint density at radius 1 is 1.25 bits per heavy atom. The molecule has 0 saturated heterocycles. The summed E-state index contributed by atoms with van der Waals surface area (Å²) in [5.41, 5.74) is 7.25. The number of nitrogens with one attached hydrogen (secondary N) is 1. The summed E-state index contributed by atoms with van der Waals surface area (Å²) in [7, 11) is 0. The van der Waals surface area contributed by atoms with Crippen LogP contribution in [0.4, 0.5) is 5.69 Å². The van der Waals surface area contributed by atoms with E-state index in [1.54, 1.807) is 0 Å². The van der Waals surface area contributed by atoms with Gasteiger partial charge in [0.05, 0.1) is 13.2 Å². The highest BCUT2D eigenvalue weighted by Crippen LogP contribution is 2.13. The summed E-state index contributed by atoms with van der Waals surface area (Å²) in [6.07, 6.45) is 0. The average molecular weight is 280 g/mol. The van der Waals surface area contributed by atoms with E-state index in [4.69, 9.17) is 15.2 Å². The first-order chi connectivity index (χ1) is 9.63. The van der Waals surface area contributed by atoms with Crippen LogP contribution >= 0.6 is 0 Å². The number of para-hydroxylation sites is 1. The molecule has 5 heteroatoms. The Balaban J connectivity index is 2.20. The van der Waals surface area contributed by atoms with Crippen molar-refractivity contribution in [2.24, 2.45) is 11.7 Å². The van der Waals surface area contributed by atoms with Crippen molar-refractivity contribution in [1.82, 2.24) is 0 Å². The summed E-state index contributed by atoms with van der Waals surface area (Å²) in [6, 6.07) is 7.46. The monoisotopic (exact) mass is 280 g/mol. The first kappa shape index (κ1) is 16.6. The maximum absolute atomic E-state index is 11.7. The lowest BCUT2D eigenvalue weighted by Gasteiger charge is -2.10. The van der Waals surface area contributed by atoms with Gasteiger partial charge in [0.1, 0.15) is 6.61 Å². The van der Waals surface area contributed by atoms with Crippen LogP contribution in [0.5, 0.6) is 0 Å². The second kappa shape index (κ2) is 9.47. The second-order valence-electron chi connectivity index (χ2n) is 4.93. The van der Waals surface area contributed by atoms with Crippen molar-refractivity contribution in [2.75, 3.05) is 31.7 Å². The third kappa shape index (κ3) is 6.65. The van der Waals surface area contributed by atoms with Gasteiger partial charge in [0.15, 0.2) is 0 Å². The molecule has 0 aliphatic carbocycles. The number of ether oxygens (including phenoxy) is 2. The molecule has 0 spiro atoms. The number of hydrogen-bond donors (Lipinski definition) is 2. The van der Waals surface area contributed by atoms with Crippen molar-refractivity contribution in [3.05, 3.63) is 29.8 Å². The van der Waals surface area contributed by atoms with Crippen LogP contribution in [-0.2, 0) is 20.8 Å². The SMILES string of the molecule is CC(C)COCCOCC(=O)Nc1ccccc1CN. The predicted octanol–water partition coefficient (Wildman–Crippen LogP) is 1.77. The Morgan fingerprint density at radius 3 is 2.65 bits per heavy atom. The summed E-state index contributed by atoms with van der Waals surface area (Å²) in [6.45, 7) is 6.21. The summed E-state index contributed by atoms with van der Waals surface area (Å²) < 4.78 is 10.6. The van der Waals surface area contributed by atoms with Gasteiger partial charge in [-0.1, -0.05) is 32.0 Å². The van der Waals surface area contributed by atoms with Gasteiger partial charge in [-0.2, -0.15) is 0 Å². The van der Waals surface area contributed by atoms with Crippen LogP contribution in [0.25, 0.3) is 0 Å². The highest BCUT2D eigenvalue weighted by atomic mass is 16.5. The van der Waals surface area contributed by atoms with Gasteiger partial charge in [-0.15, -0.1) is 0 Å². The Bertz CT molecular complexity index is 408. The summed E-state index contributed by atoms with van der Waals surface area (Å²) in [4.78, 5) is 11.7. The quantitative estimate of drug-likeness (QED) is 0.676. The number of rotatable bonds is 9. The number of hydrogen-bond acceptors (Lipinski definition) is 4. The summed E-state index contributed by atoms with van der Waals surface area (Å²) in [5, 5.41) is 2.79. The van der Waals surface area contributed by atoms with Crippen LogP contribution in [-0.4, -0.2) is 32.3 Å². The number of benzene rings is 1. The van der Waals surface area contributed by atoms with Crippen molar-refractivity contribution < 1.29 is 14.3 Å². The van der Waals surface area contributed by atoms with Crippen molar-refractivity contribution in [3.63, 3.8) is 0 Å². The molecule has 0 saturated carbocycles. The molecule has 0 fully saturated rings. The van der Waals surface area contributed by atoms with Crippen molar-refractivity contribution in [1.29, 1.82) is 0 Å². The van der Waals surface area contributed by atoms with Crippen LogP contribution in [0, 0.1) is 5.92 Å². The van der Waals surface area contributed by atoms with E-state index in [0.29, 0.717) is 32.3 Å². The van der Waals surface area contributed by atoms with Gasteiger partial charge in [-0.25, -0.2) is 0 Å². The fourth-order valence-corrected chi connectivity index (χ4v) is 1.61. The molecular formula is C15H24N2O3. The molecule has 0 aromatic heterocycles. The van der Waals surface area contributed by atoms with Crippen LogP contribution < -0.4 is 11.1 Å². The highest BCUT2D eigenvalue weighted by molar-refractivity contribution is 5.92. The van der Waals surface area contributed by atoms with E-state index in [0.717, 1.165) is 11.3 Å². The lowest BCUT2D eigenvalue weighted by molar-refractivity contribution is -0.121. The topological polar surface area (TPSA) is 73.6 Å². The maximum Gasteiger partial charge on any atom is 0.250 e. The molecule has 0 aliphatic heterocycles. The van der Waals surface area contributed by atoms with Crippen LogP contribution in [0.1, 0.15) is 19.4 Å². The van der Waals surface area contributed by atoms with Crippen LogP contribution in [0.15, 0.2) is 24.3 Å². The first-order valence-corrected chi connectivity index (χ1v) is 6.86. The minimum absolute atomic E-state index is 0.0178. The molecule has 0 heterocycles. The van der Waals surface area contributed by atoms with Gasteiger partial charge in [0, 0.05) is 18.8 Å². The molecule has 0 radical (unpaired) electrons. The fourth-order valence-electron chi connectivity index (χ4n) is 1.61. The average Bonchev–Trinajstić information content (AvgIpc) is 2.43. The molecular weight excluding hydrogens is 256 g/mol. The van der Waals surface area contributed by atoms with Gasteiger partial charge in [-0.3, -0.25) is 4.79 Å². The van der Waals surface area contributed by atoms with Gasteiger partial charge in [0.2, 0.25) is 5.91 Å². The predicted molar refractivity (Wildman–Crippen MR) is 79.4 cm³/mol. The van der Waals surface area contributed by atoms with Crippen molar-refractivity contribution in [3.8, 4) is 0 Å². The van der Waals surface area contributed by atoms with Crippen LogP contribution in [0.3, 0.4) is 0 Å². The largest absolute Gasteiger partial charge is 0.379 e. The lowest BCUT2D eigenvalue weighted by atomic mass is 10.2. The molecule has 1 amide bonds. The van der Waals surface area contributed by atoms with E-state index < -0.39 is 0 Å². The van der Waals surface area contributed by atoms with E-state index in [2.05, 4.69) is 19.2 Å². The number of nitrogens with two attached hydrogens (primary N) is 1. The number of carbonyl (C=O) groups is 1. The lowest BCUT2D eigenvalue weighted by Crippen LogP contribution is -2.21. The zero-order valence-electron chi connectivity index (χ0n) is 12.2. The number of carbonyl (C=O) groups excluding carboxylic acids is 1. The van der Waals surface area contributed by atoms with E-state index in [-0.39, 0.29) is 12.5 Å². The Morgan fingerprint density at radius 2 is 1.95 bits per heavy atom. The fraction of sp³-hybridized carbons (Fsp3) is 0.533. The molecule has 0 atom stereocenters. The molecule has 1 aromatic carbocycles. The second-order valence-corrected chi connectivity index (χ2v) is 4.93. The van der Waals surface area contributed by atoms with E-state index in [1.165, 1.54) is 0 Å². The smallest absolute Gasteiger partial charge is 0.250 e. The van der Waals surface area contributed by atoms with Crippen LogP contribution in [0.2, 0.25) is 0 Å². The number of amides is 1. The molecule has 1 rings (SSSR count). The molecule has 112 valence electrons. The molecule has 0 aliphatic rings. The summed E-state index contributed by atoms with van der Waals surface area (Å²) >= 11 is 0. The zero-order chi connectivity index (χ0) is 14.8. The third-order valence-electron chi connectivity index (χ3n) is 2.57. The molecule has 0 bridgehead atoms. The van der Waals surface area contributed by atoms with E-state index in [1.807, 2.05) is 24.3 Å². The standard InChI is InChI=1S/C15H24N2O3/c1-12(2)10-19-7-8-20-11-15(18)17-14-6-4-3-5-13(14)9-16/h3-6,12H,7-11,16H2,1-2H3,(H,17,18). The molecule has 3 N–H and O–H groups in total. The normalized spacial score (nSPS) is 10.8. The van der Waals surface area contributed by atoms with Gasteiger partial charge >= 0.3 is 0 Å². The van der Waals surface area contributed by atoms with E-state index in [9.17, 15) is 4.79 Å². The van der Waals surface area contributed by atoms with Gasteiger partial charge in [-0.05, 0) is 17.5 Å². The molecule has 1 aromatic rings. The Kier molecular flexibility index (Phi) is 7.87. The summed E-state index contributed by atoms with van der Waals surface area (Å²) in [5.74, 6) is 0.320. The van der Waals surface area contributed by atoms with Gasteiger partial charge < -0.3 is 20.5 Å². The number of anilines is 1. The Hall–Kier alpha value is -1.43. The zero-order valence-corrected chi connectivity index (χ0v) is 12.2. The van der Waals surface area contributed by atoms with Crippen molar-refractivity contribution in [2.45, 2.75) is 20.4 Å². The molecule has 20 heavy (non-hydrogen) atoms. The van der Waals surface area contributed by atoms with Crippen molar-refractivity contribution >= 4 is 11.6 Å². The van der Waals surface area contributed by atoms with Gasteiger partial charge in [0.25, 0.3) is 0 Å². The molecule has 5 nitrogen and oxygen atoms in total. The maximum atomic E-state index is 11.7. The minimum Gasteiger partial charge on any atom is -0.379 e. The molecule has 0 unspecified atom stereocenters. The van der Waals surface area contributed by atoms with E-state index >= 15 is 0 Å². The highest BCUT2D eigenvalue weighted by Gasteiger charge is 2.05. The minimum atomic E-state index is -0.185.